The first kappa shape index (κ1) is 27.4. The number of rotatable bonds is 10. The van der Waals surface area contributed by atoms with Crippen LogP contribution in [0.2, 0.25) is 0 Å². The van der Waals surface area contributed by atoms with Crippen LogP contribution in [0.25, 0.3) is 0 Å². The number of fused-ring (bicyclic) bond motifs is 1. The third-order valence-electron chi connectivity index (χ3n) is 5.98. The van der Waals surface area contributed by atoms with Gasteiger partial charge in [-0.15, -0.1) is 0 Å². The normalized spacial score (nSPS) is 14.2. The van der Waals surface area contributed by atoms with E-state index in [9.17, 15) is 10.1 Å². The van der Waals surface area contributed by atoms with Crippen LogP contribution in [0.5, 0.6) is 28.7 Å². The van der Waals surface area contributed by atoms with Gasteiger partial charge in [0, 0.05) is 11.6 Å². The third kappa shape index (κ3) is 6.27. The molecule has 3 aromatic rings. The smallest absolute Gasteiger partial charge is 0.343 e. The fourth-order valence-electron chi connectivity index (χ4n) is 4.21. The molecular formula is C31H32N2O6. The van der Waals surface area contributed by atoms with Gasteiger partial charge in [-0.05, 0) is 67.8 Å². The van der Waals surface area contributed by atoms with E-state index in [1.54, 1.807) is 42.5 Å². The molecule has 0 aromatic heterocycles. The van der Waals surface area contributed by atoms with Crippen LogP contribution in [0.1, 0.15) is 55.1 Å². The molecule has 0 spiro atoms. The summed E-state index contributed by atoms with van der Waals surface area (Å²) in [5.74, 6) is 1.92. The first-order chi connectivity index (χ1) is 18.8. The number of ether oxygens (including phenoxy) is 5. The standard InChI is InChI=1S/C31H32N2O6/c1-5-35-26-14-9-21(15-28(26)36-6-2)29-24-13-12-23(16-27(24)39-30(33)25(29)17-32)38-31(34)20-7-10-22(11-8-20)37-18-19(3)4/h7-16,19,29H,5-6,18,33H2,1-4H3. The minimum Gasteiger partial charge on any atom is -0.493 e. The van der Waals surface area contributed by atoms with Crippen LogP contribution in [0, 0.1) is 17.2 Å². The van der Waals surface area contributed by atoms with Crippen molar-refractivity contribution >= 4 is 5.97 Å². The van der Waals surface area contributed by atoms with Crippen molar-refractivity contribution < 1.29 is 28.5 Å². The molecule has 1 atom stereocenters. The Morgan fingerprint density at radius 2 is 1.64 bits per heavy atom. The van der Waals surface area contributed by atoms with Gasteiger partial charge in [0.25, 0.3) is 0 Å². The molecular weight excluding hydrogens is 496 g/mol. The van der Waals surface area contributed by atoms with Gasteiger partial charge in [0.1, 0.15) is 28.9 Å². The summed E-state index contributed by atoms with van der Waals surface area (Å²) in [5, 5.41) is 9.91. The lowest BCUT2D eigenvalue weighted by Gasteiger charge is -2.27. The highest BCUT2D eigenvalue weighted by Gasteiger charge is 2.32. The molecule has 0 fully saturated rings. The highest BCUT2D eigenvalue weighted by molar-refractivity contribution is 5.91. The van der Waals surface area contributed by atoms with Crippen LogP contribution in [0.15, 0.2) is 72.1 Å². The van der Waals surface area contributed by atoms with Gasteiger partial charge in [-0.1, -0.05) is 26.0 Å². The van der Waals surface area contributed by atoms with Gasteiger partial charge in [-0.3, -0.25) is 0 Å². The van der Waals surface area contributed by atoms with Crippen LogP contribution in [0.4, 0.5) is 0 Å². The van der Waals surface area contributed by atoms with Gasteiger partial charge in [0.05, 0.1) is 31.3 Å². The van der Waals surface area contributed by atoms with Gasteiger partial charge in [-0.25, -0.2) is 4.79 Å². The van der Waals surface area contributed by atoms with Crippen molar-refractivity contribution in [3.05, 3.63) is 88.8 Å². The molecule has 0 saturated heterocycles. The molecule has 0 radical (unpaired) electrons. The van der Waals surface area contributed by atoms with Crippen LogP contribution in [-0.4, -0.2) is 25.8 Å². The Labute approximate surface area is 228 Å². The van der Waals surface area contributed by atoms with Crippen molar-refractivity contribution in [2.45, 2.75) is 33.6 Å². The van der Waals surface area contributed by atoms with Crippen molar-refractivity contribution in [2.75, 3.05) is 19.8 Å². The first-order valence-electron chi connectivity index (χ1n) is 12.9. The molecule has 1 heterocycles. The van der Waals surface area contributed by atoms with Crippen molar-refractivity contribution in [3.8, 4) is 34.8 Å². The Bertz CT molecular complexity index is 1410. The molecule has 2 N–H and O–H groups in total. The minimum atomic E-state index is -0.521. The largest absolute Gasteiger partial charge is 0.493 e. The summed E-state index contributed by atoms with van der Waals surface area (Å²) < 4.78 is 28.5. The second kappa shape index (κ2) is 12.3. The van der Waals surface area contributed by atoms with Gasteiger partial charge in [0.2, 0.25) is 5.88 Å². The van der Waals surface area contributed by atoms with E-state index < -0.39 is 11.9 Å². The maximum atomic E-state index is 12.8. The van der Waals surface area contributed by atoms with Crippen LogP contribution < -0.4 is 29.4 Å². The van der Waals surface area contributed by atoms with E-state index in [0.717, 1.165) is 5.56 Å². The van der Waals surface area contributed by atoms with E-state index in [0.29, 0.717) is 59.9 Å². The Morgan fingerprint density at radius 1 is 0.949 bits per heavy atom. The summed E-state index contributed by atoms with van der Waals surface area (Å²) in [7, 11) is 0. The zero-order chi connectivity index (χ0) is 27.9. The van der Waals surface area contributed by atoms with Crippen molar-refractivity contribution in [1.29, 1.82) is 5.26 Å². The lowest BCUT2D eigenvalue weighted by molar-refractivity contribution is 0.0734. The molecule has 3 aromatic carbocycles. The van der Waals surface area contributed by atoms with Gasteiger partial charge < -0.3 is 29.4 Å². The van der Waals surface area contributed by atoms with E-state index >= 15 is 0 Å². The monoisotopic (exact) mass is 528 g/mol. The molecule has 1 aliphatic rings. The fraction of sp³-hybridized carbons (Fsp3) is 0.290. The molecule has 0 aliphatic carbocycles. The summed E-state index contributed by atoms with van der Waals surface area (Å²) >= 11 is 0. The summed E-state index contributed by atoms with van der Waals surface area (Å²) in [6.45, 7) is 9.47. The lowest BCUT2D eigenvalue weighted by atomic mass is 9.83. The Balaban J connectivity index is 1.60. The average Bonchev–Trinajstić information content (AvgIpc) is 2.92. The SMILES string of the molecule is CCOc1ccc(C2C(C#N)=C(N)Oc3cc(OC(=O)c4ccc(OCC(C)C)cc4)ccc32)cc1OCC. The molecule has 202 valence electrons. The molecule has 0 saturated carbocycles. The molecule has 0 amide bonds. The number of esters is 1. The first-order valence-corrected chi connectivity index (χ1v) is 12.9. The lowest BCUT2D eigenvalue weighted by Crippen LogP contribution is -2.21. The number of hydrogen-bond acceptors (Lipinski definition) is 8. The molecule has 1 aliphatic heterocycles. The van der Waals surface area contributed by atoms with E-state index in [-0.39, 0.29) is 17.2 Å². The maximum Gasteiger partial charge on any atom is 0.343 e. The van der Waals surface area contributed by atoms with Crippen molar-refractivity contribution in [1.82, 2.24) is 0 Å². The topological polar surface area (TPSA) is 113 Å². The van der Waals surface area contributed by atoms with Gasteiger partial charge in [-0.2, -0.15) is 5.26 Å². The number of nitrogens with two attached hydrogens (primary N) is 1. The van der Waals surface area contributed by atoms with E-state index in [1.165, 1.54) is 0 Å². The second-order valence-electron chi connectivity index (χ2n) is 9.32. The number of nitrogens with zero attached hydrogens (tertiary/aromatic N) is 1. The quantitative estimate of drug-likeness (QED) is 0.253. The van der Waals surface area contributed by atoms with Crippen LogP contribution in [0.3, 0.4) is 0 Å². The van der Waals surface area contributed by atoms with Crippen LogP contribution >= 0.6 is 0 Å². The van der Waals surface area contributed by atoms with Gasteiger partial charge in [0.15, 0.2) is 11.5 Å². The van der Waals surface area contributed by atoms with E-state index in [4.69, 9.17) is 29.4 Å². The number of hydrogen-bond donors (Lipinski definition) is 1. The highest BCUT2D eigenvalue weighted by atomic mass is 16.5. The predicted molar refractivity (Wildman–Crippen MR) is 146 cm³/mol. The number of carbonyl (C=O) groups is 1. The molecule has 0 bridgehead atoms. The Hall–Kier alpha value is -4.64. The minimum absolute atomic E-state index is 0.0118. The van der Waals surface area contributed by atoms with E-state index in [1.807, 2.05) is 32.0 Å². The number of nitriles is 1. The molecule has 4 rings (SSSR count). The summed E-state index contributed by atoms with van der Waals surface area (Å²) in [5.41, 5.74) is 8.32. The highest BCUT2D eigenvalue weighted by Crippen LogP contribution is 2.45. The maximum absolute atomic E-state index is 12.8. The van der Waals surface area contributed by atoms with Crippen molar-refractivity contribution in [3.63, 3.8) is 0 Å². The van der Waals surface area contributed by atoms with Crippen molar-refractivity contribution in [2.24, 2.45) is 11.7 Å². The Morgan fingerprint density at radius 3 is 2.31 bits per heavy atom. The molecule has 8 nitrogen and oxygen atoms in total. The zero-order valence-corrected chi connectivity index (χ0v) is 22.5. The molecule has 1 unspecified atom stereocenters. The number of benzene rings is 3. The molecule has 8 heteroatoms. The summed E-state index contributed by atoms with van der Waals surface area (Å²) in [4.78, 5) is 12.8. The number of allylic oxidation sites excluding steroid dienone is 1. The third-order valence-corrected chi connectivity index (χ3v) is 5.98. The predicted octanol–water partition coefficient (Wildman–Crippen LogP) is 5.96. The summed E-state index contributed by atoms with van der Waals surface area (Å²) in [6, 6.07) is 19.6. The summed E-state index contributed by atoms with van der Waals surface area (Å²) in [6.07, 6.45) is 0. The average molecular weight is 529 g/mol. The van der Waals surface area contributed by atoms with E-state index in [2.05, 4.69) is 19.9 Å². The second-order valence-corrected chi connectivity index (χ2v) is 9.32. The van der Waals surface area contributed by atoms with Crippen LogP contribution in [-0.2, 0) is 0 Å². The molecule has 39 heavy (non-hydrogen) atoms. The zero-order valence-electron chi connectivity index (χ0n) is 22.5. The fourth-order valence-corrected chi connectivity index (χ4v) is 4.21. The Kier molecular flexibility index (Phi) is 8.62. The van der Waals surface area contributed by atoms with Gasteiger partial charge >= 0.3 is 5.97 Å². The number of carbonyl (C=O) groups excluding carboxylic acids is 1.